The second-order valence-corrected chi connectivity index (χ2v) is 3.84. The summed E-state index contributed by atoms with van der Waals surface area (Å²) in [7, 11) is 0. The molecule has 0 heterocycles. The number of ketones is 2. The van der Waals surface area contributed by atoms with Gasteiger partial charge in [0.25, 0.3) is 0 Å². The molecule has 0 aliphatic carbocycles. The van der Waals surface area contributed by atoms with Gasteiger partial charge in [0.15, 0.2) is 11.6 Å². The van der Waals surface area contributed by atoms with Crippen LogP contribution in [0.1, 0.15) is 28.4 Å². The molecule has 90 valence electrons. The summed E-state index contributed by atoms with van der Waals surface area (Å²) in [6.07, 6.45) is 2.79. The van der Waals surface area contributed by atoms with Gasteiger partial charge in [0.2, 0.25) is 0 Å². The number of nitrogens with zero attached hydrogens (tertiary/aromatic N) is 1. The molecule has 0 amide bonds. The van der Waals surface area contributed by atoms with Crippen molar-refractivity contribution in [2.45, 2.75) is 13.8 Å². The number of Topliss-reactive ketones (excluding diaryl/α,β-unsaturated/α-hetero) is 2. The van der Waals surface area contributed by atoms with Gasteiger partial charge in [-0.25, -0.2) is 0 Å². The minimum atomic E-state index is -0.378. The van der Waals surface area contributed by atoms with Crippen molar-refractivity contribution in [3.63, 3.8) is 0 Å². The number of aryl methyl sites for hydroxylation is 1. The van der Waals surface area contributed by atoms with Gasteiger partial charge < -0.3 is 0 Å². The topological polar surface area (TPSA) is 57.9 Å². The lowest BCUT2D eigenvalue weighted by Gasteiger charge is -2.06. The van der Waals surface area contributed by atoms with Crippen LogP contribution in [0.4, 0.5) is 0 Å². The molecule has 0 aliphatic rings. The van der Waals surface area contributed by atoms with E-state index in [2.05, 4.69) is 6.58 Å². The highest BCUT2D eigenvalue weighted by Gasteiger charge is 2.18. The number of hydrogen-bond donors (Lipinski definition) is 0. The highest BCUT2D eigenvalue weighted by Crippen LogP contribution is 2.16. The Bertz CT molecular complexity index is 589. The van der Waals surface area contributed by atoms with Crippen molar-refractivity contribution in [3.8, 4) is 6.07 Å². The maximum Gasteiger partial charge on any atom is 0.196 e. The molecular formula is C15H13NO2. The molecule has 3 nitrogen and oxygen atoms in total. The standard InChI is InChI=1S/C15H13NO2/c1-4-5-13(11(3)17)15(18)14-8-12(9-16)7-6-10(14)2/h4-8H,1H2,2-3H3/b13-5-. The largest absolute Gasteiger partial charge is 0.294 e. The van der Waals surface area contributed by atoms with Gasteiger partial charge in [-0.05, 0) is 37.6 Å². The minimum absolute atomic E-state index is 0.0724. The van der Waals surface area contributed by atoms with Crippen LogP contribution in [0.25, 0.3) is 0 Å². The van der Waals surface area contributed by atoms with Crippen molar-refractivity contribution >= 4 is 11.6 Å². The lowest BCUT2D eigenvalue weighted by atomic mass is 9.95. The van der Waals surface area contributed by atoms with Gasteiger partial charge >= 0.3 is 0 Å². The summed E-state index contributed by atoms with van der Waals surface area (Å²) >= 11 is 0. The highest BCUT2D eigenvalue weighted by atomic mass is 16.1. The molecule has 1 aromatic carbocycles. The smallest absolute Gasteiger partial charge is 0.196 e. The summed E-state index contributed by atoms with van der Waals surface area (Å²) < 4.78 is 0. The molecule has 1 rings (SSSR count). The fourth-order valence-electron chi connectivity index (χ4n) is 1.55. The maximum absolute atomic E-state index is 12.2. The predicted octanol–water partition coefficient (Wildman–Crippen LogP) is 2.75. The summed E-state index contributed by atoms with van der Waals surface area (Å²) in [6, 6.07) is 6.80. The third kappa shape index (κ3) is 2.80. The van der Waals surface area contributed by atoms with Crippen molar-refractivity contribution in [1.29, 1.82) is 5.26 Å². The van der Waals surface area contributed by atoms with Crippen LogP contribution >= 0.6 is 0 Å². The lowest BCUT2D eigenvalue weighted by molar-refractivity contribution is -0.113. The molecule has 0 aromatic heterocycles. The van der Waals surface area contributed by atoms with E-state index in [-0.39, 0.29) is 17.1 Å². The van der Waals surface area contributed by atoms with Crippen molar-refractivity contribution in [1.82, 2.24) is 0 Å². The molecule has 0 saturated carbocycles. The third-order valence-corrected chi connectivity index (χ3v) is 2.52. The number of allylic oxidation sites excluding steroid dienone is 3. The zero-order valence-electron chi connectivity index (χ0n) is 10.4. The first-order valence-corrected chi connectivity index (χ1v) is 5.40. The van der Waals surface area contributed by atoms with Crippen LogP contribution in [0.3, 0.4) is 0 Å². The summed E-state index contributed by atoms with van der Waals surface area (Å²) in [4.78, 5) is 23.6. The van der Waals surface area contributed by atoms with Crippen molar-refractivity contribution < 1.29 is 9.59 Å². The van der Waals surface area contributed by atoms with Crippen molar-refractivity contribution in [2.24, 2.45) is 0 Å². The zero-order chi connectivity index (χ0) is 13.7. The van der Waals surface area contributed by atoms with E-state index in [1.807, 2.05) is 6.07 Å². The van der Waals surface area contributed by atoms with Crippen LogP contribution in [-0.4, -0.2) is 11.6 Å². The Balaban J connectivity index is 3.34. The Hall–Kier alpha value is -2.47. The molecule has 0 N–H and O–H groups in total. The molecular weight excluding hydrogens is 226 g/mol. The molecule has 0 atom stereocenters. The first-order valence-electron chi connectivity index (χ1n) is 5.40. The average Bonchev–Trinajstić information content (AvgIpc) is 2.35. The van der Waals surface area contributed by atoms with Crippen LogP contribution in [0, 0.1) is 18.3 Å². The Morgan fingerprint density at radius 3 is 2.56 bits per heavy atom. The Morgan fingerprint density at radius 1 is 1.39 bits per heavy atom. The van der Waals surface area contributed by atoms with E-state index in [0.29, 0.717) is 11.1 Å². The molecule has 0 fully saturated rings. The zero-order valence-corrected chi connectivity index (χ0v) is 10.4. The summed E-state index contributed by atoms with van der Waals surface area (Å²) in [6.45, 7) is 6.58. The van der Waals surface area contributed by atoms with E-state index in [1.54, 1.807) is 19.1 Å². The van der Waals surface area contributed by atoms with E-state index in [4.69, 9.17) is 5.26 Å². The number of carbonyl (C=O) groups excluding carboxylic acids is 2. The monoisotopic (exact) mass is 239 g/mol. The molecule has 0 unspecified atom stereocenters. The fraction of sp³-hybridized carbons (Fsp3) is 0.133. The van der Waals surface area contributed by atoms with Crippen LogP contribution < -0.4 is 0 Å². The first-order chi connectivity index (χ1) is 8.51. The van der Waals surface area contributed by atoms with E-state index >= 15 is 0 Å². The second-order valence-electron chi connectivity index (χ2n) is 3.84. The third-order valence-electron chi connectivity index (χ3n) is 2.52. The molecule has 1 aromatic rings. The van der Waals surface area contributed by atoms with Crippen LogP contribution in [0.15, 0.2) is 42.5 Å². The van der Waals surface area contributed by atoms with Gasteiger partial charge in [0, 0.05) is 5.56 Å². The van der Waals surface area contributed by atoms with Crippen molar-refractivity contribution in [3.05, 3.63) is 59.2 Å². The van der Waals surface area contributed by atoms with Gasteiger partial charge in [-0.3, -0.25) is 9.59 Å². The normalized spacial score (nSPS) is 10.6. The molecule has 0 radical (unpaired) electrons. The molecule has 0 bridgehead atoms. The Kier molecular flexibility index (Phi) is 4.33. The van der Waals surface area contributed by atoms with Crippen molar-refractivity contribution in [2.75, 3.05) is 0 Å². The summed E-state index contributed by atoms with van der Waals surface area (Å²) in [5.41, 5.74) is 1.57. The SMILES string of the molecule is C=C/C=C(/C(C)=O)C(=O)c1cc(C#N)ccc1C. The average molecular weight is 239 g/mol. The van der Waals surface area contributed by atoms with E-state index in [0.717, 1.165) is 5.56 Å². The highest BCUT2D eigenvalue weighted by molar-refractivity contribution is 6.26. The summed E-state index contributed by atoms with van der Waals surface area (Å²) in [5, 5.41) is 8.83. The van der Waals surface area contributed by atoms with Crippen LogP contribution in [-0.2, 0) is 4.79 Å². The first kappa shape index (κ1) is 13.6. The van der Waals surface area contributed by atoms with E-state index < -0.39 is 0 Å². The van der Waals surface area contributed by atoms with Crippen LogP contribution in [0.5, 0.6) is 0 Å². The number of carbonyl (C=O) groups is 2. The van der Waals surface area contributed by atoms with E-state index in [9.17, 15) is 9.59 Å². The molecule has 3 heteroatoms. The Morgan fingerprint density at radius 2 is 2.06 bits per heavy atom. The lowest BCUT2D eigenvalue weighted by Crippen LogP contribution is -2.12. The molecule has 0 spiro atoms. The van der Waals surface area contributed by atoms with Gasteiger partial charge in [-0.15, -0.1) is 0 Å². The van der Waals surface area contributed by atoms with Gasteiger partial charge in [-0.1, -0.05) is 18.7 Å². The molecule has 0 saturated heterocycles. The number of rotatable bonds is 4. The fourth-order valence-corrected chi connectivity index (χ4v) is 1.55. The van der Waals surface area contributed by atoms with Gasteiger partial charge in [-0.2, -0.15) is 5.26 Å². The number of benzene rings is 1. The quantitative estimate of drug-likeness (QED) is 0.267. The molecule has 18 heavy (non-hydrogen) atoms. The Labute approximate surface area is 106 Å². The predicted molar refractivity (Wildman–Crippen MR) is 69.2 cm³/mol. The minimum Gasteiger partial charge on any atom is -0.294 e. The van der Waals surface area contributed by atoms with Gasteiger partial charge in [0.1, 0.15) is 0 Å². The van der Waals surface area contributed by atoms with E-state index in [1.165, 1.54) is 25.1 Å². The number of nitriles is 1. The second kappa shape index (κ2) is 5.74. The van der Waals surface area contributed by atoms with Crippen LogP contribution in [0.2, 0.25) is 0 Å². The summed E-state index contributed by atoms with van der Waals surface area (Å²) in [5.74, 6) is -0.696. The molecule has 0 aliphatic heterocycles. The maximum atomic E-state index is 12.2. The van der Waals surface area contributed by atoms with Gasteiger partial charge in [0.05, 0.1) is 17.2 Å². The number of hydrogen-bond acceptors (Lipinski definition) is 3.